The van der Waals surface area contributed by atoms with Gasteiger partial charge in [0.25, 0.3) is 5.69 Å². The van der Waals surface area contributed by atoms with Crippen molar-refractivity contribution in [2.75, 3.05) is 5.33 Å². The SMILES string of the molecule is C[C@H]1CC(c2ccncc2[N+](=O)[O-])=C2C[C@]1(CBr)O2. The largest absolute Gasteiger partial charge is 0.490 e. The van der Waals surface area contributed by atoms with E-state index in [1.165, 1.54) is 6.20 Å². The molecule has 1 aliphatic carbocycles. The van der Waals surface area contributed by atoms with Crippen molar-refractivity contribution in [1.82, 2.24) is 4.98 Å². The average Bonchev–Trinajstić information content (AvgIpc) is 2.37. The Morgan fingerprint density at radius 2 is 2.42 bits per heavy atom. The molecule has 2 bridgehead atoms. The lowest BCUT2D eigenvalue weighted by Crippen LogP contribution is -2.52. The molecule has 0 aromatic carbocycles. The Morgan fingerprint density at radius 3 is 3.00 bits per heavy atom. The van der Waals surface area contributed by atoms with Gasteiger partial charge < -0.3 is 4.74 Å². The summed E-state index contributed by atoms with van der Waals surface area (Å²) in [4.78, 5) is 14.5. The van der Waals surface area contributed by atoms with E-state index >= 15 is 0 Å². The number of nitro groups is 1. The molecular formula is C13H13BrN2O3. The quantitative estimate of drug-likeness (QED) is 0.486. The van der Waals surface area contributed by atoms with Gasteiger partial charge in [0.2, 0.25) is 0 Å². The zero-order chi connectivity index (χ0) is 13.6. The third kappa shape index (κ3) is 1.77. The van der Waals surface area contributed by atoms with E-state index in [0.717, 1.165) is 29.5 Å². The molecule has 4 rings (SSSR count). The van der Waals surface area contributed by atoms with Gasteiger partial charge in [-0.05, 0) is 12.5 Å². The minimum atomic E-state index is -0.383. The minimum absolute atomic E-state index is 0.0547. The number of halogens is 1. The van der Waals surface area contributed by atoms with Crippen LogP contribution in [0.15, 0.2) is 24.2 Å². The highest BCUT2D eigenvalue weighted by atomic mass is 79.9. The van der Waals surface area contributed by atoms with Crippen molar-refractivity contribution in [3.05, 3.63) is 39.9 Å². The monoisotopic (exact) mass is 324 g/mol. The van der Waals surface area contributed by atoms with Gasteiger partial charge in [0, 0.05) is 29.4 Å². The number of allylic oxidation sites excluding steroid dienone is 1. The molecule has 0 unspecified atom stereocenters. The summed E-state index contributed by atoms with van der Waals surface area (Å²) in [5.41, 5.74) is 1.55. The Bertz CT molecular complexity index is 577. The van der Waals surface area contributed by atoms with Crippen LogP contribution in [0.1, 0.15) is 25.3 Å². The number of pyridine rings is 1. The first-order valence-corrected chi connectivity index (χ1v) is 7.25. The first-order chi connectivity index (χ1) is 9.07. The summed E-state index contributed by atoms with van der Waals surface area (Å²) >= 11 is 3.49. The molecule has 0 N–H and O–H groups in total. The van der Waals surface area contributed by atoms with Crippen molar-refractivity contribution in [1.29, 1.82) is 0 Å². The fourth-order valence-corrected chi connectivity index (χ4v) is 3.68. The first kappa shape index (κ1) is 12.6. The third-order valence-electron chi connectivity index (χ3n) is 4.08. The number of hydrogen-bond acceptors (Lipinski definition) is 4. The summed E-state index contributed by atoms with van der Waals surface area (Å²) in [6, 6.07) is 1.70. The van der Waals surface area contributed by atoms with E-state index in [1.807, 2.05) is 0 Å². The molecule has 6 heteroatoms. The Labute approximate surface area is 119 Å². The van der Waals surface area contributed by atoms with Crippen molar-refractivity contribution >= 4 is 27.2 Å². The van der Waals surface area contributed by atoms with Crippen LogP contribution in [-0.4, -0.2) is 20.8 Å². The van der Waals surface area contributed by atoms with Crippen LogP contribution in [0, 0.1) is 16.0 Å². The van der Waals surface area contributed by atoms with E-state index < -0.39 is 0 Å². The Kier molecular flexibility index (Phi) is 2.85. The molecular weight excluding hydrogens is 312 g/mol. The van der Waals surface area contributed by atoms with E-state index in [0.29, 0.717) is 11.5 Å². The van der Waals surface area contributed by atoms with Crippen LogP contribution in [0.25, 0.3) is 5.57 Å². The van der Waals surface area contributed by atoms with Crippen molar-refractivity contribution in [3.8, 4) is 0 Å². The standard InChI is InChI=1S/C13H13BrN2O3/c1-8-4-10(12-5-13(8,7-14)19-12)9-2-3-15-6-11(9)16(17)18/h2-3,6,8H,4-5,7H2,1H3/t8-,13+/m0/s1. The number of alkyl halides is 1. The Balaban J connectivity index is 2.04. The molecule has 2 aliphatic heterocycles. The smallest absolute Gasteiger partial charge is 0.295 e. The molecule has 0 amide bonds. The topological polar surface area (TPSA) is 65.3 Å². The van der Waals surface area contributed by atoms with Crippen molar-refractivity contribution in [3.63, 3.8) is 0 Å². The van der Waals surface area contributed by atoms with Gasteiger partial charge in [0.05, 0.1) is 10.5 Å². The average molecular weight is 325 g/mol. The lowest BCUT2D eigenvalue weighted by Gasteiger charge is -2.52. The van der Waals surface area contributed by atoms with Crippen LogP contribution >= 0.6 is 15.9 Å². The molecule has 100 valence electrons. The fourth-order valence-electron chi connectivity index (χ4n) is 2.81. The van der Waals surface area contributed by atoms with E-state index in [1.54, 1.807) is 12.3 Å². The molecule has 2 atom stereocenters. The summed E-state index contributed by atoms with van der Waals surface area (Å²) in [6.45, 7) is 2.13. The maximum atomic E-state index is 11.1. The third-order valence-corrected chi connectivity index (χ3v) is 5.03. The second-order valence-corrected chi connectivity index (χ2v) is 5.69. The van der Waals surface area contributed by atoms with Crippen LogP contribution in [0.5, 0.6) is 0 Å². The van der Waals surface area contributed by atoms with Crippen molar-refractivity contribution < 1.29 is 9.66 Å². The highest BCUT2D eigenvalue weighted by molar-refractivity contribution is 9.09. The second kappa shape index (κ2) is 4.30. The van der Waals surface area contributed by atoms with Crippen LogP contribution in [0.2, 0.25) is 0 Å². The number of aromatic nitrogens is 1. The second-order valence-electron chi connectivity index (χ2n) is 5.13. The van der Waals surface area contributed by atoms with Crippen LogP contribution in [0.4, 0.5) is 5.69 Å². The van der Waals surface area contributed by atoms with Crippen molar-refractivity contribution in [2.24, 2.45) is 5.92 Å². The summed E-state index contributed by atoms with van der Waals surface area (Å²) < 4.78 is 5.92. The molecule has 0 saturated carbocycles. The molecule has 19 heavy (non-hydrogen) atoms. The highest BCUT2D eigenvalue weighted by Gasteiger charge is 2.52. The first-order valence-electron chi connectivity index (χ1n) is 6.13. The van der Waals surface area contributed by atoms with Crippen LogP contribution in [-0.2, 0) is 4.74 Å². The van der Waals surface area contributed by atoms with E-state index in [-0.39, 0.29) is 16.2 Å². The van der Waals surface area contributed by atoms with Gasteiger partial charge in [-0.15, -0.1) is 0 Å². The van der Waals surface area contributed by atoms with E-state index in [2.05, 4.69) is 27.8 Å². The molecule has 3 aliphatic rings. The zero-order valence-electron chi connectivity index (χ0n) is 10.4. The molecule has 1 aromatic rings. The number of ether oxygens (including phenoxy) is 1. The number of rotatable bonds is 3. The highest BCUT2D eigenvalue weighted by Crippen LogP contribution is 2.54. The normalized spacial score (nSPS) is 28.6. The molecule has 1 saturated heterocycles. The Morgan fingerprint density at radius 1 is 1.68 bits per heavy atom. The fraction of sp³-hybridized carbons (Fsp3) is 0.462. The van der Waals surface area contributed by atoms with Gasteiger partial charge >= 0.3 is 0 Å². The number of nitrogens with zero attached hydrogens (tertiary/aromatic N) is 2. The molecule has 1 aromatic heterocycles. The molecule has 1 fully saturated rings. The Hall–Kier alpha value is -1.43. The maximum Gasteiger partial charge on any atom is 0.295 e. The van der Waals surface area contributed by atoms with Crippen LogP contribution in [0.3, 0.4) is 0 Å². The van der Waals surface area contributed by atoms with E-state index in [9.17, 15) is 10.1 Å². The number of hydrogen-bond donors (Lipinski definition) is 0. The maximum absolute atomic E-state index is 11.1. The van der Waals surface area contributed by atoms with Gasteiger partial charge in [-0.3, -0.25) is 15.1 Å². The van der Waals surface area contributed by atoms with Gasteiger partial charge in [-0.2, -0.15) is 0 Å². The predicted molar refractivity (Wildman–Crippen MR) is 73.8 cm³/mol. The molecule has 5 nitrogen and oxygen atoms in total. The molecule has 0 spiro atoms. The summed E-state index contributed by atoms with van der Waals surface area (Å²) in [5, 5.41) is 11.9. The summed E-state index contributed by atoms with van der Waals surface area (Å²) in [7, 11) is 0. The van der Waals surface area contributed by atoms with E-state index in [4.69, 9.17) is 4.74 Å². The lowest BCUT2D eigenvalue weighted by atomic mass is 9.71. The zero-order valence-corrected chi connectivity index (χ0v) is 12.0. The minimum Gasteiger partial charge on any atom is -0.490 e. The number of fused-ring (bicyclic) bond motifs is 2. The van der Waals surface area contributed by atoms with Gasteiger partial charge in [-0.25, -0.2) is 0 Å². The van der Waals surface area contributed by atoms with Gasteiger partial charge in [-0.1, -0.05) is 22.9 Å². The molecule has 0 radical (unpaired) electrons. The lowest BCUT2D eigenvalue weighted by molar-refractivity contribution is -0.385. The molecule has 3 heterocycles. The van der Waals surface area contributed by atoms with Gasteiger partial charge in [0.15, 0.2) is 0 Å². The van der Waals surface area contributed by atoms with Crippen molar-refractivity contribution in [2.45, 2.75) is 25.4 Å². The van der Waals surface area contributed by atoms with Gasteiger partial charge in [0.1, 0.15) is 17.6 Å². The summed E-state index contributed by atoms with van der Waals surface area (Å²) in [5.74, 6) is 1.24. The summed E-state index contributed by atoms with van der Waals surface area (Å²) in [6.07, 6.45) is 4.56. The van der Waals surface area contributed by atoms with Crippen LogP contribution < -0.4 is 0 Å². The predicted octanol–water partition coefficient (Wildman–Crippen LogP) is 3.29.